The maximum atomic E-state index is 8.68. The highest BCUT2D eigenvalue weighted by atomic mass is 16.5. The number of anilines is 1. The van der Waals surface area contributed by atoms with Crippen LogP contribution in [0.3, 0.4) is 0 Å². The molecule has 1 aromatic heterocycles. The van der Waals surface area contributed by atoms with Gasteiger partial charge in [-0.25, -0.2) is 4.98 Å². The molecule has 0 amide bonds. The second-order valence-electron chi connectivity index (χ2n) is 3.14. The number of aliphatic hydroxyl groups is 1. The first-order valence-corrected chi connectivity index (χ1v) is 4.70. The van der Waals surface area contributed by atoms with E-state index < -0.39 is 0 Å². The summed E-state index contributed by atoms with van der Waals surface area (Å²) in [5.74, 6) is 1.11. The van der Waals surface area contributed by atoms with Crippen molar-refractivity contribution in [3.8, 4) is 5.75 Å². The Morgan fingerprint density at radius 1 is 1.27 bits per heavy atom. The lowest BCUT2D eigenvalue weighted by Crippen LogP contribution is -2.02. The lowest BCUT2D eigenvalue weighted by molar-refractivity contribution is 0.202. The summed E-state index contributed by atoms with van der Waals surface area (Å²) in [6.45, 7) is 0.244. The minimum atomic E-state index is -0.0152. The van der Waals surface area contributed by atoms with Gasteiger partial charge in [-0.05, 0) is 18.2 Å². The van der Waals surface area contributed by atoms with E-state index in [1.165, 1.54) is 0 Å². The molecule has 0 bridgehead atoms. The van der Waals surface area contributed by atoms with Gasteiger partial charge in [-0.1, -0.05) is 12.1 Å². The van der Waals surface area contributed by atoms with Crippen molar-refractivity contribution in [2.45, 2.75) is 0 Å². The molecule has 1 heterocycles. The van der Waals surface area contributed by atoms with Crippen molar-refractivity contribution in [3.05, 3.63) is 30.3 Å². The lowest BCUT2D eigenvalue weighted by Gasteiger charge is -2.07. The molecule has 0 fully saturated rings. The number of fused-ring (bicyclic) bond motifs is 1. The highest BCUT2D eigenvalue weighted by Crippen LogP contribution is 2.24. The second kappa shape index (κ2) is 4.14. The maximum absolute atomic E-state index is 8.68. The molecule has 2 rings (SSSR count). The molecule has 4 heteroatoms. The molecule has 0 aliphatic rings. The van der Waals surface area contributed by atoms with E-state index in [-0.39, 0.29) is 13.2 Å². The number of pyridine rings is 1. The summed E-state index contributed by atoms with van der Waals surface area (Å²) in [5.41, 5.74) is 6.33. The fourth-order valence-corrected chi connectivity index (χ4v) is 1.41. The Labute approximate surface area is 87.3 Å². The van der Waals surface area contributed by atoms with Gasteiger partial charge in [0.05, 0.1) is 6.61 Å². The van der Waals surface area contributed by atoms with Crippen LogP contribution in [0.25, 0.3) is 10.9 Å². The van der Waals surface area contributed by atoms with E-state index >= 15 is 0 Å². The Balaban J connectivity index is 2.48. The van der Waals surface area contributed by atoms with Crippen molar-refractivity contribution in [3.63, 3.8) is 0 Å². The summed E-state index contributed by atoms with van der Waals surface area (Å²) in [4.78, 5) is 4.20. The van der Waals surface area contributed by atoms with Gasteiger partial charge in [-0.15, -0.1) is 0 Å². The zero-order chi connectivity index (χ0) is 10.7. The zero-order valence-electron chi connectivity index (χ0n) is 8.18. The number of nitrogen functional groups attached to an aromatic ring is 1. The third-order valence-electron chi connectivity index (χ3n) is 2.05. The van der Waals surface area contributed by atoms with Crippen molar-refractivity contribution >= 4 is 16.7 Å². The van der Waals surface area contributed by atoms with Gasteiger partial charge in [0, 0.05) is 5.39 Å². The Morgan fingerprint density at radius 3 is 2.93 bits per heavy atom. The number of ether oxygens (including phenoxy) is 1. The van der Waals surface area contributed by atoms with E-state index in [0.29, 0.717) is 11.6 Å². The van der Waals surface area contributed by atoms with Crippen LogP contribution in [0.5, 0.6) is 5.75 Å². The first-order chi connectivity index (χ1) is 7.31. The molecule has 0 spiro atoms. The quantitative estimate of drug-likeness (QED) is 0.788. The van der Waals surface area contributed by atoms with Crippen LogP contribution in [0.1, 0.15) is 0 Å². The summed E-state index contributed by atoms with van der Waals surface area (Å²) in [5, 5.41) is 9.66. The minimum absolute atomic E-state index is 0.0152. The molecular formula is C11H12N2O2. The van der Waals surface area contributed by atoms with Gasteiger partial charge in [0.15, 0.2) is 0 Å². The maximum Gasteiger partial charge on any atom is 0.145 e. The topological polar surface area (TPSA) is 68.4 Å². The van der Waals surface area contributed by atoms with Gasteiger partial charge in [-0.3, -0.25) is 0 Å². The molecule has 3 N–H and O–H groups in total. The van der Waals surface area contributed by atoms with Crippen molar-refractivity contribution in [2.75, 3.05) is 18.9 Å². The Hall–Kier alpha value is -1.81. The molecule has 2 aromatic rings. The van der Waals surface area contributed by atoms with Crippen LogP contribution in [0.15, 0.2) is 30.3 Å². The summed E-state index contributed by atoms with van der Waals surface area (Å²) in [6.07, 6.45) is 0. The average Bonchev–Trinajstić information content (AvgIpc) is 2.26. The monoisotopic (exact) mass is 204 g/mol. The predicted molar refractivity (Wildman–Crippen MR) is 58.7 cm³/mol. The SMILES string of the molecule is Nc1ccc2cccc(OCCO)c2n1. The Bertz CT molecular complexity index is 471. The van der Waals surface area contributed by atoms with Gasteiger partial charge in [0.2, 0.25) is 0 Å². The third-order valence-corrected chi connectivity index (χ3v) is 2.05. The molecule has 0 radical (unpaired) electrons. The largest absolute Gasteiger partial charge is 0.489 e. The first kappa shape index (κ1) is 9.73. The molecule has 0 saturated heterocycles. The highest BCUT2D eigenvalue weighted by Gasteiger charge is 2.03. The molecule has 0 saturated carbocycles. The number of rotatable bonds is 3. The standard InChI is InChI=1S/C11H12N2O2/c12-10-5-4-8-2-1-3-9(11(8)13-10)15-7-6-14/h1-5,14H,6-7H2,(H2,12,13). The van der Waals surface area contributed by atoms with E-state index in [2.05, 4.69) is 4.98 Å². The molecule has 15 heavy (non-hydrogen) atoms. The Kier molecular flexibility index (Phi) is 2.69. The van der Waals surface area contributed by atoms with Crippen LogP contribution in [-0.2, 0) is 0 Å². The lowest BCUT2D eigenvalue weighted by atomic mass is 10.2. The van der Waals surface area contributed by atoms with E-state index in [1.54, 1.807) is 6.07 Å². The van der Waals surface area contributed by atoms with Crippen LogP contribution in [0, 0.1) is 0 Å². The van der Waals surface area contributed by atoms with Gasteiger partial charge in [0.25, 0.3) is 0 Å². The fraction of sp³-hybridized carbons (Fsp3) is 0.182. The number of nitrogens with two attached hydrogens (primary N) is 1. The molecular weight excluding hydrogens is 192 g/mol. The molecule has 4 nitrogen and oxygen atoms in total. The summed E-state index contributed by atoms with van der Waals surface area (Å²) in [6, 6.07) is 9.27. The van der Waals surface area contributed by atoms with Gasteiger partial charge in [0.1, 0.15) is 23.7 Å². The normalized spacial score (nSPS) is 10.5. The molecule has 0 atom stereocenters. The molecule has 78 valence electrons. The van der Waals surface area contributed by atoms with Crippen LogP contribution in [0.2, 0.25) is 0 Å². The smallest absolute Gasteiger partial charge is 0.145 e. The number of nitrogens with zero attached hydrogens (tertiary/aromatic N) is 1. The molecule has 0 aliphatic heterocycles. The van der Waals surface area contributed by atoms with Gasteiger partial charge < -0.3 is 15.6 Å². The molecule has 1 aromatic carbocycles. The number of aromatic nitrogens is 1. The van der Waals surface area contributed by atoms with Crippen LogP contribution in [-0.4, -0.2) is 23.3 Å². The van der Waals surface area contributed by atoms with Crippen molar-refractivity contribution in [1.29, 1.82) is 0 Å². The van der Waals surface area contributed by atoms with Crippen LogP contribution in [0.4, 0.5) is 5.82 Å². The average molecular weight is 204 g/mol. The van der Waals surface area contributed by atoms with Gasteiger partial charge in [-0.2, -0.15) is 0 Å². The fourth-order valence-electron chi connectivity index (χ4n) is 1.41. The molecule has 0 unspecified atom stereocenters. The number of aliphatic hydroxyl groups excluding tert-OH is 1. The third kappa shape index (κ3) is 1.99. The van der Waals surface area contributed by atoms with Crippen LogP contribution < -0.4 is 10.5 Å². The number of para-hydroxylation sites is 1. The van der Waals surface area contributed by atoms with Crippen LogP contribution >= 0.6 is 0 Å². The minimum Gasteiger partial charge on any atom is -0.489 e. The summed E-state index contributed by atoms with van der Waals surface area (Å²) < 4.78 is 5.36. The van der Waals surface area contributed by atoms with Crippen molar-refractivity contribution < 1.29 is 9.84 Å². The zero-order valence-corrected chi connectivity index (χ0v) is 8.18. The summed E-state index contributed by atoms with van der Waals surface area (Å²) in [7, 11) is 0. The number of benzene rings is 1. The van der Waals surface area contributed by atoms with E-state index in [1.807, 2.05) is 24.3 Å². The first-order valence-electron chi connectivity index (χ1n) is 4.70. The van der Waals surface area contributed by atoms with E-state index in [4.69, 9.17) is 15.6 Å². The van der Waals surface area contributed by atoms with Gasteiger partial charge >= 0.3 is 0 Å². The summed E-state index contributed by atoms with van der Waals surface area (Å²) >= 11 is 0. The Morgan fingerprint density at radius 2 is 2.13 bits per heavy atom. The van der Waals surface area contributed by atoms with Crippen molar-refractivity contribution in [1.82, 2.24) is 4.98 Å². The predicted octanol–water partition coefficient (Wildman–Crippen LogP) is 1.19. The number of hydrogen-bond donors (Lipinski definition) is 2. The van der Waals surface area contributed by atoms with Crippen molar-refractivity contribution in [2.24, 2.45) is 0 Å². The van der Waals surface area contributed by atoms with E-state index in [9.17, 15) is 0 Å². The van der Waals surface area contributed by atoms with E-state index in [0.717, 1.165) is 10.9 Å². The molecule has 0 aliphatic carbocycles. The number of hydrogen-bond acceptors (Lipinski definition) is 4. The second-order valence-corrected chi connectivity index (χ2v) is 3.14. The highest BCUT2D eigenvalue weighted by molar-refractivity contribution is 5.85.